The molecule has 0 aromatic carbocycles. The first-order valence-electron chi connectivity index (χ1n) is 8.00. The summed E-state index contributed by atoms with van der Waals surface area (Å²) in [6.07, 6.45) is 3.73. The van der Waals surface area contributed by atoms with Gasteiger partial charge in [0.2, 0.25) is 0 Å². The van der Waals surface area contributed by atoms with Crippen LogP contribution in [0.4, 0.5) is 4.79 Å². The van der Waals surface area contributed by atoms with E-state index in [1.54, 1.807) is 0 Å². The molecule has 2 rings (SSSR count). The highest BCUT2D eigenvalue weighted by molar-refractivity contribution is 5.67. The normalized spacial score (nSPS) is 20.6. The van der Waals surface area contributed by atoms with Crippen molar-refractivity contribution in [3.05, 3.63) is 30.1 Å². The maximum absolute atomic E-state index is 11.8. The number of aromatic nitrogens is 1. The molecule has 0 radical (unpaired) electrons. The van der Waals surface area contributed by atoms with Gasteiger partial charge in [-0.25, -0.2) is 4.79 Å². The Hall–Kier alpha value is -1.62. The molecule has 1 amide bonds. The van der Waals surface area contributed by atoms with Crippen LogP contribution in [0.2, 0.25) is 0 Å². The molecule has 1 N–H and O–H groups in total. The monoisotopic (exact) mass is 305 g/mol. The van der Waals surface area contributed by atoms with Gasteiger partial charge in [-0.2, -0.15) is 0 Å². The van der Waals surface area contributed by atoms with Gasteiger partial charge >= 0.3 is 6.09 Å². The number of likely N-dealkylation sites (tertiary alicyclic amines) is 1. The van der Waals surface area contributed by atoms with E-state index in [4.69, 9.17) is 4.74 Å². The molecule has 22 heavy (non-hydrogen) atoms. The Kier molecular flexibility index (Phi) is 5.40. The molecular weight excluding hydrogens is 278 g/mol. The Labute approximate surface area is 133 Å². The second kappa shape index (κ2) is 7.09. The lowest BCUT2D eigenvalue weighted by atomic mass is 10.1. The topological polar surface area (TPSA) is 54.5 Å². The molecule has 1 aromatic heterocycles. The third kappa shape index (κ3) is 4.70. The zero-order chi connectivity index (χ0) is 16.2. The molecule has 122 valence electrons. The number of rotatable bonds is 4. The van der Waals surface area contributed by atoms with Crippen LogP contribution in [0.1, 0.15) is 52.3 Å². The highest BCUT2D eigenvalue weighted by atomic mass is 16.6. The van der Waals surface area contributed by atoms with Crippen molar-refractivity contribution in [1.82, 2.24) is 15.2 Å². The van der Waals surface area contributed by atoms with E-state index in [1.165, 1.54) is 0 Å². The number of alkyl carbamates (subject to hydrolysis) is 1. The zero-order valence-electron chi connectivity index (χ0n) is 14.0. The summed E-state index contributed by atoms with van der Waals surface area (Å²) in [7, 11) is 0. The summed E-state index contributed by atoms with van der Waals surface area (Å²) in [5, 5.41) is 2.89. The van der Waals surface area contributed by atoms with Crippen LogP contribution in [0, 0.1) is 0 Å². The van der Waals surface area contributed by atoms with E-state index in [9.17, 15) is 4.79 Å². The standard InChI is InChI=1S/C17H27N3O2/c1-13(15-9-5-6-10-18-15)20-11-7-8-14(20)12-19-16(21)22-17(2,3)4/h5-6,9-10,13-14H,7-8,11-12H2,1-4H3,(H,19,21)/t13-,14-/m0/s1. The molecule has 1 aliphatic rings. The third-order valence-electron chi connectivity index (χ3n) is 3.92. The summed E-state index contributed by atoms with van der Waals surface area (Å²) in [5.74, 6) is 0. The summed E-state index contributed by atoms with van der Waals surface area (Å²) < 4.78 is 5.30. The SMILES string of the molecule is C[C@@H](c1ccccn1)N1CCC[C@H]1CNC(=O)OC(C)(C)C. The van der Waals surface area contributed by atoms with Crippen LogP contribution in [-0.2, 0) is 4.74 Å². The molecule has 0 unspecified atom stereocenters. The zero-order valence-corrected chi connectivity index (χ0v) is 14.0. The number of amides is 1. The van der Waals surface area contributed by atoms with Gasteiger partial charge in [-0.3, -0.25) is 9.88 Å². The van der Waals surface area contributed by atoms with Gasteiger partial charge in [0.15, 0.2) is 0 Å². The lowest BCUT2D eigenvalue weighted by molar-refractivity contribution is 0.0507. The molecule has 0 aliphatic carbocycles. The number of carbonyl (C=O) groups excluding carboxylic acids is 1. The molecule has 1 aliphatic heterocycles. The van der Waals surface area contributed by atoms with Crippen LogP contribution in [0.3, 0.4) is 0 Å². The molecule has 2 atom stereocenters. The van der Waals surface area contributed by atoms with Crippen molar-refractivity contribution in [2.24, 2.45) is 0 Å². The first kappa shape index (κ1) is 16.7. The first-order valence-corrected chi connectivity index (χ1v) is 8.00. The van der Waals surface area contributed by atoms with E-state index in [0.29, 0.717) is 12.6 Å². The molecule has 5 heteroatoms. The number of nitrogens with one attached hydrogen (secondary N) is 1. The largest absolute Gasteiger partial charge is 0.444 e. The Morgan fingerprint density at radius 2 is 2.27 bits per heavy atom. The molecule has 2 heterocycles. The van der Waals surface area contributed by atoms with E-state index in [0.717, 1.165) is 25.1 Å². The van der Waals surface area contributed by atoms with E-state index in [2.05, 4.69) is 28.2 Å². The van der Waals surface area contributed by atoms with Gasteiger partial charge < -0.3 is 10.1 Å². The number of hydrogen-bond acceptors (Lipinski definition) is 4. The molecule has 1 saturated heterocycles. The fourth-order valence-corrected chi connectivity index (χ4v) is 2.90. The maximum atomic E-state index is 11.8. The highest BCUT2D eigenvalue weighted by Gasteiger charge is 2.30. The van der Waals surface area contributed by atoms with Crippen molar-refractivity contribution in [1.29, 1.82) is 0 Å². The average molecular weight is 305 g/mol. The fourth-order valence-electron chi connectivity index (χ4n) is 2.90. The summed E-state index contributed by atoms with van der Waals surface area (Å²) >= 11 is 0. The molecule has 5 nitrogen and oxygen atoms in total. The minimum atomic E-state index is -0.458. The lowest BCUT2D eigenvalue weighted by Crippen LogP contribution is -2.43. The van der Waals surface area contributed by atoms with Crippen molar-refractivity contribution < 1.29 is 9.53 Å². The minimum Gasteiger partial charge on any atom is -0.444 e. The van der Waals surface area contributed by atoms with E-state index < -0.39 is 5.60 Å². The van der Waals surface area contributed by atoms with Gasteiger partial charge in [-0.05, 0) is 59.2 Å². The van der Waals surface area contributed by atoms with Crippen LogP contribution in [0.5, 0.6) is 0 Å². The summed E-state index contributed by atoms with van der Waals surface area (Å²) in [5.41, 5.74) is 0.618. The van der Waals surface area contributed by atoms with Gasteiger partial charge in [-0.1, -0.05) is 6.07 Å². The summed E-state index contributed by atoms with van der Waals surface area (Å²) in [4.78, 5) is 18.7. The minimum absolute atomic E-state index is 0.258. The van der Waals surface area contributed by atoms with E-state index >= 15 is 0 Å². The Balaban J connectivity index is 1.90. The van der Waals surface area contributed by atoms with Crippen LogP contribution < -0.4 is 5.32 Å². The van der Waals surface area contributed by atoms with Crippen molar-refractivity contribution in [3.63, 3.8) is 0 Å². The van der Waals surface area contributed by atoms with Gasteiger partial charge in [0.25, 0.3) is 0 Å². The van der Waals surface area contributed by atoms with Crippen LogP contribution in [0.15, 0.2) is 24.4 Å². The van der Waals surface area contributed by atoms with E-state index in [-0.39, 0.29) is 12.1 Å². The Morgan fingerprint density at radius 3 is 2.91 bits per heavy atom. The number of pyridine rings is 1. The first-order chi connectivity index (χ1) is 10.4. The molecule has 1 fully saturated rings. The lowest BCUT2D eigenvalue weighted by Gasteiger charge is -2.30. The fraction of sp³-hybridized carbons (Fsp3) is 0.647. The van der Waals surface area contributed by atoms with Gasteiger partial charge in [-0.15, -0.1) is 0 Å². The Morgan fingerprint density at radius 1 is 1.50 bits per heavy atom. The van der Waals surface area contributed by atoms with Gasteiger partial charge in [0.05, 0.1) is 5.69 Å². The van der Waals surface area contributed by atoms with Crippen molar-refractivity contribution in [2.45, 2.75) is 58.2 Å². The number of nitrogens with zero attached hydrogens (tertiary/aromatic N) is 2. The number of hydrogen-bond donors (Lipinski definition) is 1. The second-order valence-electron chi connectivity index (χ2n) is 6.85. The molecule has 0 saturated carbocycles. The summed E-state index contributed by atoms with van der Waals surface area (Å²) in [6.45, 7) is 9.45. The quantitative estimate of drug-likeness (QED) is 0.928. The predicted molar refractivity (Wildman–Crippen MR) is 86.6 cm³/mol. The highest BCUT2D eigenvalue weighted by Crippen LogP contribution is 2.27. The van der Waals surface area contributed by atoms with Crippen LogP contribution in [-0.4, -0.2) is 40.7 Å². The van der Waals surface area contributed by atoms with Crippen molar-refractivity contribution >= 4 is 6.09 Å². The smallest absolute Gasteiger partial charge is 0.407 e. The molecule has 0 bridgehead atoms. The van der Waals surface area contributed by atoms with Crippen molar-refractivity contribution in [3.8, 4) is 0 Å². The van der Waals surface area contributed by atoms with Gasteiger partial charge in [0, 0.05) is 24.8 Å². The number of ether oxygens (including phenoxy) is 1. The summed E-state index contributed by atoms with van der Waals surface area (Å²) in [6, 6.07) is 6.60. The van der Waals surface area contributed by atoms with Crippen molar-refractivity contribution in [2.75, 3.05) is 13.1 Å². The number of carbonyl (C=O) groups is 1. The van der Waals surface area contributed by atoms with Gasteiger partial charge in [0.1, 0.15) is 5.60 Å². The second-order valence-corrected chi connectivity index (χ2v) is 6.85. The third-order valence-corrected chi connectivity index (χ3v) is 3.92. The predicted octanol–water partition coefficient (Wildman–Crippen LogP) is 3.13. The Bertz CT molecular complexity index is 484. The molecular formula is C17H27N3O2. The molecule has 0 spiro atoms. The van der Waals surface area contributed by atoms with E-state index in [1.807, 2.05) is 39.1 Å². The van der Waals surface area contributed by atoms with Crippen LogP contribution in [0.25, 0.3) is 0 Å². The maximum Gasteiger partial charge on any atom is 0.407 e. The average Bonchev–Trinajstić information content (AvgIpc) is 2.92. The molecule has 1 aromatic rings. The van der Waals surface area contributed by atoms with Crippen LogP contribution >= 0.6 is 0 Å².